The van der Waals surface area contributed by atoms with Gasteiger partial charge in [0.05, 0.1) is 6.54 Å². The average Bonchev–Trinajstić information content (AvgIpc) is 2.20. The molecule has 0 aromatic carbocycles. The molecule has 0 amide bonds. The number of hydrogen-bond donors (Lipinski definition) is 0. The number of unbranched alkanes of at least 4 members (excludes halogenated alkanes) is 1. The summed E-state index contributed by atoms with van der Waals surface area (Å²) < 4.78 is 6.45. The summed E-state index contributed by atoms with van der Waals surface area (Å²) in [6.07, 6.45) is 5.06. The lowest BCUT2D eigenvalue weighted by Gasteiger charge is -2.34. The monoisotopic (exact) mass is 273 g/mol. The van der Waals surface area contributed by atoms with Crippen LogP contribution < -0.4 is 0 Å². The first-order chi connectivity index (χ1) is 7.83. The molecule has 0 radical (unpaired) electrons. The highest BCUT2D eigenvalue weighted by Gasteiger charge is 2.31. The quantitative estimate of drug-likeness (QED) is 0.276. The van der Waals surface area contributed by atoms with Gasteiger partial charge in [0, 0.05) is 0 Å². The molecule has 0 saturated heterocycles. The van der Waals surface area contributed by atoms with E-state index in [1.54, 1.807) is 6.08 Å². The number of carbonyl (C=O) groups excluding carboxylic acids is 1. The van der Waals surface area contributed by atoms with E-state index in [0.717, 1.165) is 12.5 Å². The predicted octanol–water partition coefficient (Wildman–Crippen LogP) is 3.94. The Bertz CT molecular complexity index is 261. The largest absolute Gasteiger partial charge is 0.455 e. The Morgan fingerprint density at radius 1 is 1.06 bits per heavy atom. The van der Waals surface area contributed by atoms with Gasteiger partial charge in [0.25, 0.3) is 0 Å². The molecule has 0 atom stereocenters. The Morgan fingerprint density at radius 2 is 1.59 bits per heavy atom. The fourth-order valence-corrected chi connectivity index (χ4v) is 11.1. The van der Waals surface area contributed by atoms with E-state index in [2.05, 4.69) is 38.1 Å². The molecule has 0 aromatic rings. The van der Waals surface area contributed by atoms with Crippen LogP contribution in [0.25, 0.3) is 0 Å². The van der Waals surface area contributed by atoms with Crippen molar-refractivity contribution < 1.29 is 8.91 Å². The topological polar surface area (TPSA) is 38.7 Å². The van der Waals surface area contributed by atoms with E-state index in [-0.39, 0.29) is 0 Å². The van der Waals surface area contributed by atoms with Crippen molar-refractivity contribution in [2.45, 2.75) is 64.5 Å². The van der Waals surface area contributed by atoms with E-state index in [9.17, 15) is 4.79 Å². The van der Waals surface area contributed by atoms with Crippen molar-refractivity contribution in [2.24, 2.45) is 4.99 Å². The first-order valence-corrected chi connectivity index (χ1v) is 12.8. The van der Waals surface area contributed by atoms with Crippen LogP contribution in [0.2, 0.25) is 38.3 Å². The molecule has 0 bridgehead atoms. The molecule has 0 aliphatic heterocycles. The van der Waals surface area contributed by atoms with E-state index >= 15 is 0 Å². The van der Waals surface area contributed by atoms with Crippen molar-refractivity contribution in [3.05, 3.63) is 0 Å². The second kappa shape index (κ2) is 7.98. The highest BCUT2D eigenvalue weighted by molar-refractivity contribution is 6.84. The third kappa shape index (κ3) is 9.47. The van der Waals surface area contributed by atoms with E-state index < -0.39 is 16.6 Å². The van der Waals surface area contributed by atoms with Crippen molar-refractivity contribution in [3.63, 3.8) is 0 Å². The van der Waals surface area contributed by atoms with Crippen LogP contribution in [0.4, 0.5) is 0 Å². The summed E-state index contributed by atoms with van der Waals surface area (Å²) in [6, 6.07) is 2.34. The molecule has 0 spiro atoms. The summed E-state index contributed by atoms with van der Waals surface area (Å²) in [5.41, 5.74) is 0. The predicted molar refractivity (Wildman–Crippen MR) is 78.2 cm³/mol. The van der Waals surface area contributed by atoms with Gasteiger partial charge < -0.3 is 4.12 Å². The van der Waals surface area contributed by atoms with Gasteiger partial charge in [-0.1, -0.05) is 19.8 Å². The summed E-state index contributed by atoms with van der Waals surface area (Å²) in [7, 11) is -3.04. The van der Waals surface area contributed by atoms with Gasteiger partial charge in [-0.25, -0.2) is 9.79 Å². The minimum absolute atomic E-state index is 0.597. The fraction of sp³-hybridized carbons (Fsp3) is 0.917. The maximum atomic E-state index is 9.97. The van der Waals surface area contributed by atoms with Gasteiger partial charge >= 0.3 is 0 Å². The van der Waals surface area contributed by atoms with E-state index in [0.29, 0.717) is 6.54 Å². The Hall–Kier alpha value is -0.226. The second-order valence-corrected chi connectivity index (χ2v) is 14.7. The Kier molecular flexibility index (Phi) is 7.87. The van der Waals surface area contributed by atoms with Crippen molar-refractivity contribution in [1.82, 2.24) is 0 Å². The van der Waals surface area contributed by atoms with Gasteiger partial charge in [0.1, 0.15) is 0 Å². The maximum absolute atomic E-state index is 9.97. The molecule has 0 aliphatic carbocycles. The van der Waals surface area contributed by atoms with E-state index in [1.807, 2.05) is 0 Å². The molecular weight excluding hydrogens is 246 g/mol. The number of hydrogen-bond acceptors (Lipinski definition) is 3. The van der Waals surface area contributed by atoms with Gasteiger partial charge in [-0.3, -0.25) is 0 Å². The van der Waals surface area contributed by atoms with Crippen LogP contribution in [0.5, 0.6) is 0 Å². The Balaban J connectivity index is 4.08. The Morgan fingerprint density at radius 3 is 2.06 bits per heavy atom. The van der Waals surface area contributed by atoms with Gasteiger partial charge in [0.2, 0.25) is 6.08 Å². The lowest BCUT2D eigenvalue weighted by Crippen LogP contribution is -2.44. The molecule has 0 fully saturated rings. The van der Waals surface area contributed by atoms with Crippen molar-refractivity contribution in [3.8, 4) is 0 Å². The molecule has 5 heteroatoms. The first kappa shape index (κ1) is 16.8. The molecule has 0 unspecified atom stereocenters. The van der Waals surface area contributed by atoms with Crippen LogP contribution in [0.1, 0.15) is 26.2 Å². The molecular formula is C12H27NO2Si2. The van der Waals surface area contributed by atoms with Crippen LogP contribution >= 0.6 is 0 Å². The summed E-state index contributed by atoms with van der Waals surface area (Å²) >= 11 is 0. The number of nitrogens with zero attached hydrogens (tertiary/aromatic N) is 1. The van der Waals surface area contributed by atoms with E-state index in [1.165, 1.54) is 18.9 Å². The summed E-state index contributed by atoms with van der Waals surface area (Å²) in [4.78, 5) is 13.6. The zero-order valence-electron chi connectivity index (χ0n) is 12.0. The molecule has 0 aromatic heterocycles. The van der Waals surface area contributed by atoms with Crippen LogP contribution in [0.15, 0.2) is 4.99 Å². The zero-order chi connectivity index (χ0) is 13.4. The van der Waals surface area contributed by atoms with Crippen LogP contribution in [-0.4, -0.2) is 29.3 Å². The van der Waals surface area contributed by atoms with Crippen molar-refractivity contribution in [2.75, 3.05) is 6.54 Å². The number of isocyanates is 1. The van der Waals surface area contributed by atoms with Gasteiger partial charge in [-0.05, 0) is 44.7 Å². The van der Waals surface area contributed by atoms with Crippen molar-refractivity contribution >= 4 is 22.7 Å². The fourth-order valence-electron chi connectivity index (χ4n) is 2.08. The van der Waals surface area contributed by atoms with Crippen LogP contribution in [0.3, 0.4) is 0 Å². The highest BCUT2D eigenvalue weighted by atomic mass is 28.4. The standard InChI is InChI=1S/C12H27NO2Si2/c1-6-7-10-16(2,3)15-17(4,5)11-8-9-13-12-14/h6-11H2,1-5H3. The lowest BCUT2D eigenvalue weighted by molar-refractivity contribution is 0.529. The molecule has 0 N–H and O–H groups in total. The molecule has 100 valence electrons. The minimum atomic E-state index is -1.57. The third-order valence-electron chi connectivity index (χ3n) is 2.80. The Labute approximate surface area is 108 Å². The molecule has 0 saturated carbocycles. The summed E-state index contributed by atoms with van der Waals surface area (Å²) in [5.74, 6) is 0. The van der Waals surface area contributed by atoms with Crippen molar-refractivity contribution in [1.29, 1.82) is 0 Å². The highest BCUT2D eigenvalue weighted by Crippen LogP contribution is 2.24. The zero-order valence-corrected chi connectivity index (χ0v) is 14.0. The molecule has 0 rings (SSSR count). The van der Waals surface area contributed by atoms with Crippen LogP contribution in [-0.2, 0) is 8.91 Å². The second-order valence-electron chi connectivity index (χ2n) is 5.80. The third-order valence-corrected chi connectivity index (χ3v) is 10.3. The first-order valence-electron chi connectivity index (χ1n) is 6.57. The maximum Gasteiger partial charge on any atom is 0.234 e. The van der Waals surface area contributed by atoms with Gasteiger partial charge in [-0.15, -0.1) is 0 Å². The smallest absolute Gasteiger partial charge is 0.234 e. The minimum Gasteiger partial charge on any atom is -0.455 e. The lowest BCUT2D eigenvalue weighted by atomic mass is 10.4. The molecule has 3 nitrogen and oxygen atoms in total. The SMILES string of the molecule is CCCC[Si](C)(C)O[Si](C)(C)CCCN=C=O. The average molecular weight is 274 g/mol. The van der Waals surface area contributed by atoms with E-state index in [4.69, 9.17) is 4.12 Å². The number of rotatable bonds is 9. The van der Waals surface area contributed by atoms with Crippen LogP contribution in [0, 0.1) is 0 Å². The molecule has 0 heterocycles. The molecule has 17 heavy (non-hydrogen) atoms. The summed E-state index contributed by atoms with van der Waals surface area (Å²) in [5, 5.41) is 0. The van der Waals surface area contributed by atoms with Gasteiger partial charge in [0.15, 0.2) is 16.6 Å². The summed E-state index contributed by atoms with van der Waals surface area (Å²) in [6.45, 7) is 12.0. The molecule has 0 aliphatic rings. The number of aliphatic imine (C=N–C) groups is 1. The normalized spacial score (nSPS) is 12.3. The van der Waals surface area contributed by atoms with Gasteiger partial charge in [-0.2, -0.15) is 0 Å².